The molecule has 0 aromatic carbocycles. The third-order valence-electron chi connectivity index (χ3n) is 0. The Morgan fingerprint density at radius 3 is 0.714 bits per heavy atom. The first-order valence-electron chi connectivity index (χ1n) is 0.655. The van der Waals surface area contributed by atoms with Crippen LogP contribution < -0.4 is 0 Å². The summed E-state index contributed by atoms with van der Waals surface area (Å²) in [5.74, 6) is 0. The fraction of sp³-hybridized carbons (Fsp3) is 0. The molecule has 0 aliphatic rings. The Bertz CT molecular complexity index is 14.9. The molecule has 0 fully saturated rings. The van der Waals surface area contributed by atoms with E-state index in [2.05, 4.69) is 47.3 Å². The second-order valence-electron chi connectivity index (χ2n) is 0.247. The summed E-state index contributed by atoms with van der Waals surface area (Å²) >= 11 is 9.31. The normalized spacial score (nSPS) is 3.86. The van der Waals surface area contributed by atoms with Crippen molar-refractivity contribution in [2.24, 2.45) is 0 Å². The van der Waals surface area contributed by atoms with Gasteiger partial charge in [-0.05, 0) is 0 Å². The minimum Gasteiger partial charge on any atom is -0.147 e. The maximum atomic E-state index is 3.10. The van der Waals surface area contributed by atoms with Gasteiger partial charge in [0, 0.05) is 0 Å². The monoisotopic (exact) mass is 356 g/mol. The van der Waals surface area contributed by atoms with Crippen LogP contribution in [-0.4, -0.2) is 3.18 Å². The molecule has 0 heterocycles. The Kier molecular flexibility index (Phi) is 51.3. The van der Waals surface area contributed by atoms with Gasteiger partial charge in [0.05, 0.1) is 0 Å². The lowest BCUT2D eigenvalue weighted by Crippen LogP contribution is -1.60. The van der Waals surface area contributed by atoms with Crippen LogP contribution in [-0.2, 0) is 0 Å². The molecule has 0 amide bonds. The zero-order valence-corrected chi connectivity index (χ0v) is 10.1. The molecule has 0 saturated carbocycles. The maximum Gasteiger partial charge on any atom is 0.369 e. The second kappa shape index (κ2) is 15.8. The number of halogens is 6. The molecule has 7 heavy (non-hydrogen) atoms. The van der Waals surface area contributed by atoms with Gasteiger partial charge in [-0.3, -0.25) is 0 Å². The molecule has 0 saturated heterocycles. The topological polar surface area (TPSA) is 0 Å². The molecule has 0 spiro atoms. The van der Waals surface area contributed by atoms with Gasteiger partial charge in [-0.2, -0.15) is 0 Å². The Labute approximate surface area is 86.8 Å². The van der Waals surface area contributed by atoms with Crippen molar-refractivity contribution in [1.82, 2.24) is 0 Å². The van der Waals surface area contributed by atoms with E-state index in [1.807, 2.05) is 0 Å². The van der Waals surface area contributed by atoms with Crippen LogP contribution in [0.25, 0.3) is 0 Å². The molecule has 7 heteroatoms. The van der Waals surface area contributed by atoms with Crippen molar-refractivity contribution in [3.05, 3.63) is 0 Å². The van der Waals surface area contributed by atoms with E-state index in [-0.39, 0.29) is 40.4 Å². The highest BCUT2D eigenvalue weighted by atomic mass is 79.9. The smallest absolute Gasteiger partial charge is 0.147 e. The molecule has 0 aromatic rings. The van der Waals surface area contributed by atoms with Gasteiger partial charge in [0.1, 0.15) is 0 Å². The van der Waals surface area contributed by atoms with Gasteiger partial charge in [0.2, 0.25) is 0 Å². The van der Waals surface area contributed by atoms with E-state index in [9.17, 15) is 0 Å². The summed E-state index contributed by atoms with van der Waals surface area (Å²) in [5.41, 5.74) is 0. The van der Waals surface area contributed by atoms with Crippen molar-refractivity contribution < 1.29 is 0 Å². The standard InChI is InChI=1S/BBr3.3ClH/c2-1(3)4;;;/h;3*1H. The van der Waals surface area contributed by atoms with E-state index in [1.54, 1.807) is 0 Å². The predicted molar refractivity (Wildman–Crippen MR) is 54.3 cm³/mol. The Morgan fingerprint density at radius 1 is 0.714 bits per heavy atom. The van der Waals surface area contributed by atoms with Crippen LogP contribution in [0.1, 0.15) is 0 Å². The fourth-order valence-electron chi connectivity index (χ4n) is 0. The lowest BCUT2D eigenvalue weighted by atomic mass is 10.8. The highest BCUT2D eigenvalue weighted by Crippen LogP contribution is 2.07. The van der Waals surface area contributed by atoms with Crippen LogP contribution in [0.15, 0.2) is 0 Å². The van der Waals surface area contributed by atoms with E-state index in [4.69, 9.17) is 0 Å². The summed E-state index contributed by atoms with van der Waals surface area (Å²) in [6, 6.07) is 0. The largest absolute Gasteiger partial charge is 0.369 e. The maximum absolute atomic E-state index is 3.10. The van der Waals surface area contributed by atoms with Gasteiger partial charge >= 0.3 is 3.18 Å². The summed E-state index contributed by atoms with van der Waals surface area (Å²) in [7, 11) is 0. The van der Waals surface area contributed by atoms with E-state index in [1.165, 1.54) is 0 Å². The van der Waals surface area contributed by atoms with Crippen molar-refractivity contribution in [3.63, 3.8) is 0 Å². The lowest BCUT2D eigenvalue weighted by Gasteiger charge is -1.63. The summed E-state index contributed by atoms with van der Waals surface area (Å²) < 4.78 is 0.271. The molecular weight excluding hydrogens is 357 g/mol. The summed E-state index contributed by atoms with van der Waals surface area (Å²) in [6.07, 6.45) is 0. The van der Waals surface area contributed by atoms with E-state index < -0.39 is 0 Å². The lowest BCUT2D eigenvalue weighted by molar-refractivity contribution is 4.99. The van der Waals surface area contributed by atoms with Gasteiger partial charge < -0.3 is 0 Å². The Morgan fingerprint density at radius 2 is 0.714 bits per heavy atom. The van der Waals surface area contributed by atoms with Gasteiger partial charge in [0.25, 0.3) is 0 Å². The molecule has 48 valence electrons. The van der Waals surface area contributed by atoms with Gasteiger partial charge in [0.15, 0.2) is 0 Å². The zero-order chi connectivity index (χ0) is 3.58. The molecular formula is H3BBr3Cl3. The van der Waals surface area contributed by atoms with Crippen LogP contribution in [0.2, 0.25) is 0 Å². The first-order chi connectivity index (χ1) is 1.73. The van der Waals surface area contributed by atoms with Crippen molar-refractivity contribution in [3.8, 4) is 0 Å². The SMILES string of the molecule is BrB(Br)Br.Cl.Cl.Cl. The molecule has 0 N–H and O–H groups in total. The zero-order valence-electron chi connectivity index (χ0n) is 2.94. The molecule has 0 unspecified atom stereocenters. The van der Waals surface area contributed by atoms with Crippen LogP contribution in [0, 0.1) is 0 Å². The highest BCUT2D eigenvalue weighted by Gasteiger charge is 1.87. The third-order valence-corrected chi connectivity index (χ3v) is 0. The van der Waals surface area contributed by atoms with Crippen molar-refractivity contribution in [2.45, 2.75) is 0 Å². The van der Waals surface area contributed by atoms with E-state index in [0.29, 0.717) is 0 Å². The summed E-state index contributed by atoms with van der Waals surface area (Å²) in [6.45, 7) is 0. The van der Waals surface area contributed by atoms with Crippen LogP contribution in [0.5, 0.6) is 0 Å². The minimum atomic E-state index is 0. The van der Waals surface area contributed by atoms with Crippen LogP contribution in [0.3, 0.4) is 0 Å². The Balaban J connectivity index is -0.0000000150. The quantitative estimate of drug-likeness (QED) is 0.581. The van der Waals surface area contributed by atoms with Gasteiger partial charge in [-0.15, -0.1) is 84.5 Å². The molecule has 0 atom stereocenters. The average Bonchev–Trinajstić information content (AvgIpc) is 0.811. The number of hydrogen-bond acceptors (Lipinski definition) is 0. The van der Waals surface area contributed by atoms with Crippen molar-refractivity contribution in [2.75, 3.05) is 0 Å². The molecule has 0 aliphatic heterocycles. The first kappa shape index (κ1) is 22.8. The molecule has 0 rings (SSSR count). The van der Waals surface area contributed by atoms with E-state index >= 15 is 0 Å². The number of hydrogen-bond donors (Lipinski definition) is 0. The van der Waals surface area contributed by atoms with Crippen molar-refractivity contribution >= 4 is 87.7 Å². The Hall–Kier alpha value is 2.37. The highest BCUT2D eigenvalue weighted by molar-refractivity contribution is 9.69. The molecule has 0 aromatic heterocycles. The number of rotatable bonds is 0. The van der Waals surface area contributed by atoms with Gasteiger partial charge in [-0.25, -0.2) is 0 Å². The van der Waals surface area contributed by atoms with Gasteiger partial charge in [-0.1, -0.05) is 0 Å². The molecule has 0 radical (unpaired) electrons. The van der Waals surface area contributed by atoms with E-state index in [0.717, 1.165) is 0 Å². The first-order valence-corrected chi connectivity index (χ1v) is 3.40. The van der Waals surface area contributed by atoms with Crippen molar-refractivity contribution in [1.29, 1.82) is 0 Å². The molecule has 0 aliphatic carbocycles. The third kappa shape index (κ3) is 60.3. The summed E-state index contributed by atoms with van der Waals surface area (Å²) in [5, 5.41) is 0. The fourth-order valence-corrected chi connectivity index (χ4v) is 0. The summed E-state index contributed by atoms with van der Waals surface area (Å²) in [4.78, 5) is 0. The molecule has 0 nitrogen and oxygen atoms in total. The average molecular weight is 360 g/mol. The minimum absolute atomic E-state index is 0. The van der Waals surface area contributed by atoms with Crippen LogP contribution in [0.4, 0.5) is 0 Å². The predicted octanol–water partition coefficient (Wildman–Crippen LogP) is 3.42. The van der Waals surface area contributed by atoms with Crippen LogP contribution >= 0.6 is 84.5 Å². The second-order valence-corrected chi connectivity index (χ2v) is 6.68. The molecule has 0 bridgehead atoms.